The van der Waals surface area contributed by atoms with E-state index in [9.17, 15) is 0 Å². The molecule has 20 heavy (non-hydrogen) atoms. The van der Waals surface area contributed by atoms with Crippen molar-refractivity contribution in [2.24, 2.45) is 0 Å². The van der Waals surface area contributed by atoms with Crippen LogP contribution in [0.4, 0.5) is 0 Å². The van der Waals surface area contributed by atoms with E-state index in [2.05, 4.69) is 16.5 Å². The molecule has 1 N–H and O–H groups in total. The maximum Gasteiger partial charge on any atom is 0.157 e. The van der Waals surface area contributed by atoms with Crippen LogP contribution in [0.1, 0.15) is 36.8 Å². The monoisotopic (exact) mass is 275 g/mol. The average Bonchev–Trinajstić information content (AvgIpc) is 3.04. The summed E-state index contributed by atoms with van der Waals surface area (Å²) < 4.78 is 13.3. The van der Waals surface area contributed by atoms with Gasteiger partial charge in [0.1, 0.15) is 18.1 Å². The van der Waals surface area contributed by atoms with Crippen molar-refractivity contribution in [2.75, 3.05) is 0 Å². The highest BCUT2D eigenvalue weighted by molar-refractivity contribution is 5.21. The van der Waals surface area contributed by atoms with Crippen LogP contribution in [0.25, 0.3) is 0 Å². The lowest BCUT2D eigenvalue weighted by Gasteiger charge is -1.99. The van der Waals surface area contributed by atoms with Gasteiger partial charge in [0.25, 0.3) is 0 Å². The molecule has 0 unspecified atom stereocenters. The summed E-state index contributed by atoms with van der Waals surface area (Å²) in [5, 5.41) is 7.67. The van der Waals surface area contributed by atoms with Crippen molar-refractivity contribution in [3.05, 3.63) is 35.5 Å². The molecule has 1 aliphatic rings. The van der Waals surface area contributed by atoms with Crippen molar-refractivity contribution >= 4 is 0 Å². The highest BCUT2D eigenvalue weighted by Crippen LogP contribution is 2.21. The summed E-state index contributed by atoms with van der Waals surface area (Å²) in [4.78, 5) is 0. The van der Waals surface area contributed by atoms with Crippen LogP contribution in [0.15, 0.2) is 22.9 Å². The molecule has 2 aromatic heterocycles. The summed E-state index contributed by atoms with van der Waals surface area (Å²) in [6.07, 6.45) is 6.22. The molecular weight excluding hydrogens is 254 g/mol. The molecule has 0 radical (unpaired) electrons. The standard InChI is InChI=1S/C15H21N3O2/c1-3-18-9-15(8-17-18)19-10-14-6-12(11(2)20-14)7-16-13-4-5-13/h6,8-9,13,16H,3-5,7,10H2,1-2H3. The van der Waals surface area contributed by atoms with E-state index < -0.39 is 0 Å². The number of ether oxygens (including phenoxy) is 1. The van der Waals surface area contributed by atoms with Gasteiger partial charge >= 0.3 is 0 Å². The Hall–Kier alpha value is -1.75. The summed E-state index contributed by atoms with van der Waals surface area (Å²) in [5.41, 5.74) is 1.22. The zero-order valence-electron chi connectivity index (χ0n) is 12.1. The molecule has 0 spiro atoms. The molecule has 108 valence electrons. The third kappa shape index (κ3) is 3.22. The lowest BCUT2D eigenvalue weighted by molar-refractivity contribution is 0.267. The largest absolute Gasteiger partial charge is 0.482 e. The van der Waals surface area contributed by atoms with Crippen LogP contribution in [0.5, 0.6) is 5.75 Å². The lowest BCUT2D eigenvalue weighted by atomic mass is 10.2. The molecule has 1 fully saturated rings. The minimum absolute atomic E-state index is 0.444. The van der Waals surface area contributed by atoms with Crippen LogP contribution in [0, 0.1) is 6.92 Å². The fraction of sp³-hybridized carbons (Fsp3) is 0.533. The van der Waals surface area contributed by atoms with Crippen LogP contribution in [0.2, 0.25) is 0 Å². The van der Waals surface area contributed by atoms with Gasteiger partial charge in [0.2, 0.25) is 0 Å². The molecule has 5 nitrogen and oxygen atoms in total. The highest BCUT2D eigenvalue weighted by atomic mass is 16.5. The van der Waals surface area contributed by atoms with Crippen molar-refractivity contribution in [1.82, 2.24) is 15.1 Å². The van der Waals surface area contributed by atoms with E-state index in [4.69, 9.17) is 9.15 Å². The molecule has 0 atom stereocenters. The molecule has 0 aliphatic heterocycles. The smallest absolute Gasteiger partial charge is 0.157 e. The van der Waals surface area contributed by atoms with Gasteiger partial charge in [-0.15, -0.1) is 0 Å². The van der Waals surface area contributed by atoms with Gasteiger partial charge < -0.3 is 14.5 Å². The summed E-state index contributed by atoms with van der Waals surface area (Å²) in [6.45, 7) is 6.22. The SMILES string of the molecule is CCn1cc(OCc2cc(CNC3CC3)c(C)o2)cn1. The molecule has 5 heteroatoms. The summed E-state index contributed by atoms with van der Waals surface area (Å²) in [7, 11) is 0. The first-order valence-electron chi connectivity index (χ1n) is 7.21. The van der Waals surface area contributed by atoms with Gasteiger partial charge in [0, 0.05) is 24.7 Å². The lowest BCUT2D eigenvalue weighted by Crippen LogP contribution is -2.15. The number of hydrogen-bond donors (Lipinski definition) is 1. The maximum atomic E-state index is 5.73. The van der Waals surface area contributed by atoms with Crippen LogP contribution < -0.4 is 10.1 Å². The number of aryl methyl sites for hydroxylation is 2. The molecule has 1 aliphatic carbocycles. The minimum Gasteiger partial charge on any atom is -0.482 e. The second kappa shape index (κ2) is 5.71. The van der Waals surface area contributed by atoms with E-state index in [-0.39, 0.29) is 0 Å². The van der Waals surface area contributed by atoms with Gasteiger partial charge in [0.15, 0.2) is 5.75 Å². The van der Waals surface area contributed by atoms with Gasteiger partial charge in [-0.3, -0.25) is 4.68 Å². The Morgan fingerprint density at radius 2 is 2.35 bits per heavy atom. The Morgan fingerprint density at radius 3 is 3.05 bits per heavy atom. The predicted octanol–water partition coefficient (Wildman–Crippen LogP) is 2.64. The normalized spacial score (nSPS) is 14.7. The Labute approximate surface area is 118 Å². The molecule has 0 amide bonds. The molecule has 3 rings (SSSR count). The summed E-state index contributed by atoms with van der Waals surface area (Å²) in [6, 6.07) is 2.79. The third-order valence-corrected chi connectivity index (χ3v) is 3.54. The number of aromatic nitrogens is 2. The molecular formula is C15H21N3O2. The predicted molar refractivity (Wildman–Crippen MR) is 75.5 cm³/mol. The fourth-order valence-electron chi connectivity index (χ4n) is 2.12. The van der Waals surface area contributed by atoms with Gasteiger partial charge in [-0.05, 0) is 32.8 Å². The number of rotatable bonds is 7. The van der Waals surface area contributed by atoms with Crippen molar-refractivity contribution in [3.8, 4) is 5.75 Å². The van der Waals surface area contributed by atoms with E-state index in [0.717, 1.165) is 30.4 Å². The number of nitrogens with zero attached hydrogens (tertiary/aromatic N) is 2. The van der Waals surface area contributed by atoms with E-state index >= 15 is 0 Å². The van der Waals surface area contributed by atoms with Gasteiger partial charge in [-0.1, -0.05) is 0 Å². The second-order valence-electron chi connectivity index (χ2n) is 5.27. The van der Waals surface area contributed by atoms with E-state index in [1.54, 1.807) is 6.20 Å². The molecule has 1 saturated carbocycles. The first kappa shape index (κ1) is 13.2. The Morgan fingerprint density at radius 1 is 1.50 bits per heavy atom. The van der Waals surface area contributed by atoms with Crippen LogP contribution in [-0.4, -0.2) is 15.8 Å². The Kier molecular flexibility index (Phi) is 3.78. The van der Waals surface area contributed by atoms with Crippen LogP contribution >= 0.6 is 0 Å². The Bertz CT molecular complexity index is 569. The quantitative estimate of drug-likeness (QED) is 0.844. The zero-order valence-corrected chi connectivity index (χ0v) is 12.1. The number of nitrogens with one attached hydrogen (secondary N) is 1. The van der Waals surface area contributed by atoms with Crippen molar-refractivity contribution in [1.29, 1.82) is 0 Å². The molecule has 0 saturated heterocycles. The first-order valence-corrected chi connectivity index (χ1v) is 7.21. The van der Waals surface area contributed by atoms with Gasteiger partial charge in [-0.25, -0.2) is 0 Å². The summed E-state index contributed by atoms with van der Waals surface area (Å²) >= 11 is 0. The molecule has 0 bridgehead atoms. The van der Waals surface area contributed by atoms with Crippen molar-refractivity contribution in [3.63, 3.8) is 0 Å². The van der Waals surface area contributed by atoms with E-state index in [0.29, 0.717) is 12.6 Å². The number of furan rings is 1. The summed E-state index contributed by atoms with van der Waals surface area (Å²) in [5.74, 6) is 2.61. The second-order valence-corrected chi connectivity index (χ2v) is 5.27. The third-order valence-electron chi connectivity index (χ3n) is 3.54. The topological polar surface area (TPSA) is 52.2 Å². The molecule has 0 aromatic carbocycles. The zero-order chi connectivity index (χ0) is 13.9. The van der Waals surface area contributed by atoms with Crippen LogP contribution in [0.3, 0.4) is 0 Å². The van der Waals surface area contributed by atoms with E-state index in [1.807, 2.05) is 24.7 Å². The fourth-order valence-corrected chi connectivity index (χ4v) is 2.12. The van der Waals surface area contributed by atoms with Crippen molar-refractivity contribution in [2.45, 2.75) is 52.4 Å². The minimum atomic E-state index is 0.444. The maximum absolute atomic E-state index is 5.73. The molecule has 2 heterocycles. The Balaban J connectivity index is 1.55. The van der Waals surface area contributed by atoms with Gasteiger partial charge in [0.05, 0.1) is 12.4 Å². The van der Waals surface area contributed by atoms with E-state index in [1.165, 1.54) is 18.4 Å². The van der Waals surface area contributed by atoms with Crippen molar-refractivity contribution < 1.29 is 9.15 Å². The number of hydrogen-bond acceptors (Lipinski definition) is 4. The molecule has 2 aromatic rings. The van der Waals surface area contributed by atoms with Gasteiger partial charge in [-0.2, -0.15) is 5.10 Å². The average molecular weight is 275 g/mol. The first-order chi connectivity index (χ1) is 9.74. The highest BCUT2D eigenvalue weighted by Gasteiger charge is 2.21. The van der Waals surface area contributed by atoms with Crippen LogP contribution in [-0.2, 0) is 19.7 Å².